The smallest absolute Gasteiger partial charge is 0.224 e. The van der Waals surface area contributed by atoms with Gasteiger partial charge in [0, 0.05) is 31.9 Å². The summed E-state index contributed by atoms with van der Waals surface area (Å²) in [5.41, 5.74) is 13.7. The Morgan fingerprint density at radius 3 is 2.52 bits per heavy atom. The first-order chi connectivity index (χ1) is 14.8. The average Bonchev–Trinajstić information content (AvgIpc) is 3.33. The van der Waals surface area contributed by atoms with Crippen LogP contribution in [0.1, 0.15) is 29.5 Å². The van der Waals surface area contributed by atoms with Gasteiger partial charge in [-0.25, -0.2) is 9.98 Å². The number of aliphatic imine (C=N–C) groups is 1. The standard InChI is InChI=1S/C21H29N7O2S.2ClH/c1-13(29)25-21-27-17(8-5-14-3-6-16(7-4-14)26-20(22)23)18(31-21)12-28-10-9-15(11-28)19(30)24-2;;/h3-4,6-7,15H,5,8-12H2,1-2H3,(H,24,30)(H4,22,23,26)(H,25,27,29);2*1H/t15-;;/m1../s1. The SMILES string of the molecule is CNC(=O)[C@@H]1CCN(Cc2sc(NC(C)=O)nc2CCc2ccc(N=C(N)N)cc2)C1.Cl.Cl. The largest absolute Gasteiger partial charge is 0.370 e. The Morgan fingerprint density at radius 2 is 1.91 bits per heavy atom. The van der Waals surface area contributed by atoms with Crippen molar-refractivity contribution in [1.82, 2.24) is 15.2 Å². The molecule has 0 saturated carbocycles. The van der Waals surface area contributed by atoms with Crippen molar-refractivity contribution in [2.75, 3.05) is 25.5 Å². The van der Waals surface area contributed by atoms with Gasteiger partial charge < -0.3 is 22.1 Å². The number of hydrogen-bond donors (Lipinski definition) is 4. The van der Waals surface area contributed by atoms with Crippen LogP contribution >= 0.6 is 36.2 Å². The number of rotatable bonds is 8. The van der Waals surface area contributed by atoms with E-state index in [1.807, 2.05) is 24.3 Å². The Kier molecular flexibility index (Phi) is 11.6. The Bertz CT molecular complexity index is 962. The number of nitrogens with one attached hydrogen (secondary N) is 2. The summed E-state index contributed by atoms with van der Waals surface area (Å²) in [5.74, 6) is 0.0176. The van der Waals surface area contributed by atoms with E-state index in [0.717, 1.165) is 55.0 Å². The number of thiazole rings is 1. The summed E-state index contributed by atoms with van der Waals surface area (Å²) in [4.78, 5) is 35.5. The lowest BCUT2D eigenvalue weighted by Gasteiger charge is -2.15. The third-order valence-corrected chi connectivity index (χ3v) is 6.16. The molecular weight excluding hydrogens is 485 g/mol. The van der Waals surface area contributed by atoms with Gasteiger partial charge in [0.15, 0.2) is 11.1 Å². The molecule has 0 aliphatic carbocycles. The van der Waals surface area contributed by atoms with E-state index in [1.165, 1.54) is 18.3 Å². The Labute approximate surface area is 210 Å². The average molecular weight is 516 g/mol. The third kappa shape index (κ3) is 8.47. The van der Waals surface area contributed by atoms with Crippen molar-refractivity contribution in [2.24, 2.45) is 22.4 Å². The monoisotopic (exact) mass is 515 g/mol. The summed E-state index contributed by atoms with van der Waals surface area (Å²) >= 11 is 1.50. The number of likely N-dealkylation sites (tertiary alicyclic amines) is 1. The van der Waals surface area contributed by atoms with Crippen LogP contribution in [0.15, 0.2) is 29.3 Å². The van der Waals surface area contributed by atoms with Gasteiger partial charge in [0.2, 0.25) is 11.8 Å². The number of aromatic nitrogens is 1. The van der Waals surface area contributed by atoms with Crippen LogP contribution in [-0.4, -0.2) is 47.8 Å². The molecule has 0 unspecified atom stereocenters. The van der Waals surface area contributed by atoms with Gasteiger partial charge in [0.1, 0.15) is 0 Å². The quantitative estimate of drug-likeness (QED) is 0.314. The summed E-state index contributed by atoms with van der Waals surface area (Å²) in [6, 6.07) is 7.75. The minimum Gasteiger partial charge on any atom is -0.370 e. The van der Waals surface area contributed by atoms with Crippen LogP contribution in [0.5, 0.6) is 0 Å². The lowest BCUT2D eigenvalue weighted by molar-refractivity contribution is -0.124. The molecule has 12 heteroatoms. The molecule has 1 aromatic carbocycles. The van der Waals surface area contributed by atoms with Gasteiger partial charge in [-0.3, -0.25) is 14.5 Å². The molecule has 1 fully saturated rings. The van der Waals surface area contributed by atoms with Gasteiger partial charge in [-0.2, -0.15) is 0 Å². The summed E-state index contributed by atoms with van der Waals surface area (Å²) in [6.45, 7) is 3.81. The second kappa shape index (κ2) is 13.3. The number of carbonyl (C=O) groups is 2. The van der Waals surface area contributed by atoms with Crippen LogP contribution in [0.2, 0.25) is 0 Å². The number of nitrogens with zero attached hydrogens (tertiary/aromatic N) is 3. The number of nitrogens with two attached hydrogens (primary N) is 2. The number of anilines is 1. The van der Waals surface area contributed by atoms with Crippen LogP contribution < -0.4 is 22.1 Å². The van der Waals surface area contributed by atoms with E-state index < -0.39 is 0 Å². The van der Waals surface area contributed by atoms with Crippen molar-refractivity contribution in [3.63, 3.8) is 0 Å². The van der Waals surface area contributed by atoms with E-state index in [0.29, 0.717) is 10.8 Å². The van der Waals surface area contributed by atoms with E-state index in [4.69, 9.17) is 11.5 Å². The third-order valence-electron chi connectivity index (χ3n) is 5.16. The second-order valence-electron chi connectivity index (χ2n) is 7.61. The molecule has 33 heavy (non-hydrogen) atoms. The molecule has 2 aromatic rings. The molecule has 1 aliphatic heterocycles. The number of carbonyl (C=O) groups excluding carboxylic acids is 2. The zero-order chi connectivity index (χ0) is 22.4. The first-order valence-corrected chi connectivity index (χ1v) is 11.0. The van der Waals surface area contributed by atoms with Crippen LogP contribution in [0.3, 0.4) is 0 Å². The summed E-state index contributed by atoms with van der Waals surface area (Å²) < 4.78 is 0. The van der Waals surface area contributed by atoms with Crippen LogP contribution in [0.25, 0.3) is 0 Å². The highest BCUT2D eigenvalue weighted by molar-refractivity contribution is 7.15. The first-order valence-electron chi connectivity index (χ1n) is 10.2. The Hall–Kier alpha value is -2.40. The molecule has 1 aliphatic rings. The molecule has 6 N–H and O–H groups in total. The van der Waals surface area contributed by atoms with Gasteiger partial charge >= 0.3 is 0 Å². The van der Waals surface area contributed by atoms with Gasteiger partial charge in [0.25, 0.3) is 0 Å². The Morgan fingerprint density at radius 1 is 1.21 bits per heavy atom. The zero-order valence-electron chi connectivity index (χ0n) is 18.7. The molecular formula is C21H31Cl2N7O2S. The van der Waals surface area contributed by atoms with Gasteiger partial charge in [-0.1, -0.05) is 12.1 Å². The number of halogens is 2. The predicted molar refractivity (Wildman–Crippen MR) is 138 cm³/mol. The highest BCUT2D eigenvalue weighted by Crippen LogP contribution is 2.28. The van der Waals surface area contributed by atoms with Crippen LogP contribution in [0, 0.1) is 5.92 Å². The highest BCUT2D eigenvalue weighted by atomic mass is 35.5. The van der Waals surface area contributed by atoms with Crippen molar-refractivity contribution in [2.45, 2.75) is 32.7 Å². The van der Waals surface area contributed by atoms with Gasteiger partial charge in [0.05, 0.1) is 17.3 Å². The number of benzene rings is 1. The van der Waals surface area contributed by atoms with Crippen molar-refractivity contribution < 1.29 is 9.59 Å². The van der Waals surface area contributed by atoms with Gasteiger partial charge in [-0.05, 0) is 43.5 Å². The van der Waals surface area contributed by atoms with E-state index in [2.05, 4.69) is 25.5 Å². The normalized spacial score (nSPS) is 15.2. The molecule has 1 saturated heterocycles. The fourth-order valence-electron chi connectivity index (χ4n) is 3.65. The number of amides is 2. The summed E-state index contributed by atoms with van der Waals surface area (Å²) in [7, 11) is 1.68. The maximum absolute atomic E-state index is 11.9. The maximum Gasteiger partial charge on any atom is 0.224 e. The molecule has 0 bridgehead atoms. The fraction of sp³-hybridized carbons (Fsp3) is 0.429. The minimum absolute atomic E-state index is 0. The molecule has 0 radical (unpaired) electrons. The van der Waals surface area contributed by atoms with Gasteiger partial charge in [-0.15, -0.1) is 36.2 Å². The molecule has 2 amide bonds. The van der Waals surface area contributed by atoms with E-state index >= 15 is 0 Å². The van der Waals surface area contributed by atoms with E-state index in [9.17, 15) is 9.59 Å². The molecule has 9 nitrogen and oxygen atoms in total. The zero-order valence-corrected chi connectivity index (χ0v) is 21.1. The van der Waals surface area contributed by atoms with Crippen molar-refractivity contribution in [3.05, 3.63) is 40.4 Å². The van der Waals surface area contributed by atoms with Crippen molar-refractivity contribution >= 4 is 64.7 Å². The fourth-order valence-corrected chi connectivity index (χ4v) is 4.75. The summed E-state index contributed by atoms with van der Waals surface area (Å²) in [5, 5.41) is 6.15. The molecule has 3 rings (SSSR count). The molecule has 182 valence electrons. The second-order valence-corrected chi connectivity index (χ2v) is 8.69. The van der Waals surface area contributed by atoms with Crippen molar-refractivity contribution in [1.29, 1.82) is 0 Å². The topological polar surface area (TPSA) is 139 Å². The molecule has 2 heterocycles. The minimum atomic E-state index is -0.136. The molecule has 1 atom stereocenters. The number of aryl methyl sites for hydroxylation is 2. The van der Waals surface area contributed by atoms with Crippen LogP contribution in [-0.2, 0) is 29.0 Å². The lowest BCUT2D eigenvalue weighted by Crippen LogP contribution is -2.30. The Balaban J connectivity index is 0.00000272. The lowest BCUT2D eigenvalue weighted by atomic mass is 10.1. The van der Waals surface area contributed by atoms with E-state index in [1.54, 1.807) is 7.05 Å². The highest BCUT2D eigenvalue weighted by Gasteiger charge is 2.28. The number of hydrogen-bond acceptors (Lipinski definition) is 6. The van der Waals surface area contributed by atoms with E-state index in [-0.39, 0.29) is 48.5 Å². The number of guanidine groups is 1. The maximum atomic E-state index is 11.9. The summed E-state index contributed by atoms with van der Waals surface area (Å²) in [6.07, 6.45) is 2.41. The van der Waals surface area contributed by atoms with Crippen molar-refractivity contribution in [3.8, 4) is 0 Å². The molecule has 0 spiro atoms. The molecule has 1 aromatic heterocycles. The first kappa shape index (κ1) is 28.6. The van der Waals surface area contributed by atoms with Crippen LogP contribution in [0.4, 0.5) is 10.8 Å². The predicted octanol–water partition coefficient (Wildman–Crippen LogP) is 2.20.